The molecular formula is C28H32F3N3O5S. The quantitative estimate of drug-likeness (QED) is 0.412. The molecule has 4 rings (SSSR count). The second kappa shape index (κ2) is 12.1. The number of rotatable bonds is 7. The molecule has 216 valence electrons. The summed E-state index contributed by atoms with van der Waals surface area (Å²) in [6, 6.07) is 4.19. The molecule has 0 spiro atoms. The number of hydrogen-bond donors (Lipinski definition) is 0. The Morgan fingerprint density at radius 2 is 1.75 bits per heavy atom. The van der Waals surface area contributed by atoms with Gasteiger partial charge < -0.3 is 19.3 Å². The zero-order chi connectivity index (χ0) is 29.2. The van der Waals surface area contributed by atoms with E-state index in [9.17, 15) is 27.6 Å². The summed E-state index contributed by atoms with van der Waals surface area (Å²) in [5.74, 6) is -1.86. The highest BCUT2D eigenvalue weighted by Gasteiger charge is 2.49. The number of carbonyl (C=O) groups excluding carboxylic acids is 3. The number of aliphatic imine (C=N–C) groups is 1. The van der Waals surface area contributed by atoms with Crippen molar-refractivity contribution in [3.8, 4) is 0 Å². The van der Waals surface area contributed by atoms with Crippen molar-refractivity contribution in [2.45, 2.75) is 59.2 Å². The number of esters is 2. The molecule has 1 atom stereocenters. The zero-order valence-electron chi connectivity index (χ0n) is 22.8. The first-order valence-electron chi connectivity index (χ1n) is 13.2. The number of likely N-dealkylation sites (tertiary alicyclic amines) is 1. The lowest BCUT2D eigenvalue weighted by Crippen LogP contribution is -2.43. The van der Waals surface area contributed by atoms with E-state index in [1.165, 1.54) is 6.92 Å². The predicted molar refractivity (Wildman–Crippen MR) is 144 cm³/mol. The lowest BCUT2D eigenvalue weighted by molar-refractivity contribution is -0.151. The normalized spacial score (nSPS) is 19.7. The number of benzene rings is 1. The summed E-state index contributed by atoms with van der Waals surface area (Å²) in [7, 11) is 0. The first kappa shape index (κ1) is 29.7. The molecule has 1 fully saturated rings. The van der Waals surface area contributed by atoms with Gasteiger partial charge in [0.05, 0.1) is 37.2 Å². The van der Waals surface area contributed by atoms with Crippen LogP contribution in [0, 0.1) is 19.8 Å². The van der Waals surface area contributed by atoms with E-state index in [-0.39, 0.29) is 36.0 Å². The topological polar surface area (TPSA) is 88.5 Å². The maximum atomic E-state index is 14.3. The molecule has 3 aliphatic rings. The number of thioether (sulfide) groups is 1. The average Bonchev–Trinajstić information content (AvgIpc) is 3.31. The highest BCUT2D eigenvalue weighted by Crippen LogP contribution is 2.49. The molecule has 0 bridgehead atoms. The Morgan fingerprint density at radius 1 is 1.07 bits per heavy atom. The molecule has 1 amide bonds. The highest BCUT2D eigenvalue weighted by molar-refractivity contribution is 8.16. The van der Waals surface area contributed by atoms with Gasteiger partial charge in [-0.1, -0.05) is 35.5 Å². The van der Waals surface area contributed by atoms with Crippen LogP contribution >= 0.6 is 11.8 Å². The Balaban J connectivity index is 1.68. The van der Waals surface area contributed by atoms with Gasteiger partial charge in [-0.25, -0.2) is 9.79 Å². The first-order chi connectivity index (χ1) is 19.0. The number of carbonyl (C=O) groups is 3. The summed E-state index contributed by atoms with van der Waals surface area (Å²) >= 11 is 0.984. The highest BCUT2D eigenvalue weighted by atomic mass is 32.2. The number of nitrogens with zero attached hydrogens (tertiary/aromatic N) is 3. The Morgan fingerprint density at radius 3 is 2.38 bits per heavy atom. The minimum Gasteiger partial charge on any atom is -0.466 e. The lowest BCUT2D eigenvalue weighted by Gasteiger charge is -2.38. The Bertz CT molecular complexity index is 1280. The van der Waals surface area contributed by atoms with Crippen molar-refractivity contribution in [1.29, 1.82) is 0 Å². The Hall–Kier alpha value is -3.28. The minimum atomic E-state index is -4.90. The molecule has 0 aliphatic carbocycles. The van der Waals surface area contributed by atoms with Crippen LogP contribution in [0.4, 0.5) is 13.2 Å². The summed E-state index contributed by atoms with van der Waals surface area (Å²) in [5, 5.41) is 1.65. The molecule has 12 heteroatoms. The number of amides is 1. The number of halogens is 3. The van der Waals surface area contributed by atoms with Crippen LogP contribution in [0.15, 0.2) is 45.6 Å². The summed E-state index contributed by atoms with van der Waals surface area (Å²) < 4.78 is 53.1. The van der Waals surface area contributed by atoms with E-state index in [1.54, 1.807) is 41.2 Å². The number of allylic oxidation sites excluding steroid dienone is 1. The van der Waals surface area contributed by atoms with E-state index in [1.807, 2.05) is 13.0 Å². The maximum absolute atomic E-state index is 14.3. The summed E-state index contributed by atoms with van der Waals surface area (Å²) in [6.07, 6.45) is -4.05. The standard InChI is InChI=1S/C28H32F3N3O5S/c1-5-38-25(36)18-9-11-33(12-10-18)21(35)14-19-15-40-27-32-24(28(29,30)31)22(26(37)39-6-2)23(34(19)27)20-13-16(3)7-8-17(20)4/h7-8,13,15,18,23H,5-6,9-12,14H2,1-4H3/t23-/m1/s1. The molecule has 3 aliphatic heterocycles. The van der Waals surface area contributed by atoms with E-state index in [2.05, 4.69) is 4.99 Å². The van der Waals surface area contributed by atoms with Gasteiger partial charge in [0.25, 0.3) is 0 Å². The van der Waals surface area contributed by atoms with Crippen LogP contribution in [0.2, 0.25) is 0 Å². The van der Waals surface area contributed by atoms with Gasteiger partial charge in [0.1, 0.15) is 0 Å². The van der Waals surface area contributed by atoms with E-state index in [0.717, 1.165) is 17.3 Å². The maximum Gasteiger partial charge on any atom is 0.434 e. The number of hydrogen-bond acceptors (Lipinski definition) is 8. The molecule has 0 N–H and O–H groups in total. The van der Waals surface area contributed by atoms with Crippen LogP contribution in [0.1, 0.15) is 55.8 Å². The Labute approximate surface area is 235 Å². The van der Waals surface area contributed by atoms with Gasteiger partial charge in [-0.15, -0.1) is 0 Å². The monoisotopic (exact) mass is 579 g/mol. The van der Waals surface area contributed by atoms with Crippen molar-refractivity contribution >= 4 is 34.8 Å². The van der Waals surface area contributed by atoms with E-state index in [0.29, 0.717) is 49.4 Å². The number of alkyl halides is 3. The SMILES string of the molecule is CCOC(=O)C1=C(C(F)(F)F)N=C2SC=C(CC(=O)N3CCC(C(=O)OCC)CC3)N2[C@@H]1c1cc(C)ccc1C. The minimum absolute atomic E-state index is 0.0371. The molecule has 1 saturated heterocycles. The smallest absolute Gasteiger partial charge is 0.434 e. The van der Waals surface area contributed by atoms with Crippen molar-refractivity contribution in [2.24, 2.45) is 10.9 Å². The van der Waals surface area contributed by atoms with Gasteiger partial charge in [-0.3, -0.25) is 9.59 Å². The number of fused-ring (bicyclic) bond motifs is 1. The summed E-state index contributed by atoms with van der Waals surface area (Å²) in [4.78, 5) is 45.6. The summed E-state index contributed by atoms with van der Waals surface area (Å²) in [5.41, 5.74) is 0.521. The Kier molecular flexibility index (Phi) is 8.96. The van der Waals surface area contributed by atoms with E-state index >= 15 is 0 Å². The lowest BCUT2D eigenvalue weighted by atomic mass is 9.89. The molecule has 1 aromatic carbocycles. The molecular weight excluding hydrogens is 547 g/mol. The van der Waals surface area contributed by atoms with Gasteiger partial charge in [0.2, 0.25) is 5.91 Å². The van der Waals surface area contributed by atoms with Gasteiger partial charge >= 0.3 is 18.1 Å². The molecule has 0 saturated carbocycles. The third kappa shape index (κ3) is 6.06. The van der Waals surface area contributed by atoms with Crippen LogP contribution in [0.25, 0.3) is 0 Å². The van der Waals surface area contributed by atoms with Crippen molar-refractivity contribution in [3.05, 3.63) is 57.3 Å². The first-order valence-corrected chi connectivity index (χ1v) is 14.1. The summed E-state index contributed by atoms with van der Waals surface area (Å²) in [6.45, 7) is 7.78. The van der Waals surface area contributed by atoms with E-state index in [4.69, 9.17) is 9.47 Å². The fourth-order valence-electron chi connectivity index (χ4n) is 5.13. The largest absolute Gasteiger partial charge is 0.466 e. The van der Waals surface area contributed by atoms with Gasteiger partial charge in [-0.05, 0) is 57.1 Å². The van der Waals surface area contributed by atoms with E-state index < -0.39 is 29.5 Å². The van der Waals surface area contributed by atoms with Crippen LogP contribution < -0.4 is 0 Å². The second-order valence-corrected chi connectivity index (χ2v) is 10.7. The fourth-order valence-corrected chi connectivity index (χ4v) is 6.05. The third-order valence-corrected chi connectivity index (χ3v) is 7.99. The molecule has 0 aromatic heterocycles. The van der Waals surface area contributed by atoms with Crippen molar-refractivity contribution in [3.63, 3.8) is 0 Å². The van der Waals surface area contributed by atoms with Crippen LogP contribution in [0.3, 0.4) is 0 Å². The van der Waals surface area contributed by atoms with Gasteiger partial charge in [-0.2, -0.15) is 13.2 Å². The number of aryl methyl sites for hydroxylation is 2. The van der Waals surface area contributed by atoms with Crippen molar-refractivity contribution < 1.29 is 37.0 Å². The van der Waals surface area contributed by atoms with Crippen molar-refractivity contribution in [1.82, 2.24) is 9.80 Å². The fraction of sp³-hybridized carbons (Fsp3) is 0.500. The molecule has 0 radical (unpaired) electrons. The van der Waals surface area contributed by atoms with Gasteiger partial charge in [0.15, 0.2) is 10.9 Å². The molecule has 0 unspecified atom stereocenters. The van der Waals surface area contributed by atoms with Crippen LogP contribution in [-0.4, -0.2) is 65.3 Å². The predicted octanol–water partition coefficient (Wildman–Crippen LogP) is 5.18. The molecule has 1 aromatic rings. The molecule has 8 nitrogen and oxygen atoms in total. The van der Waals surface area contributed by atoms with Crippen molar-refractivity contribution in [2.75, 3.05) is 26.3 Å². The third-order valence-electron chi connectivity index (χ3n) is 7.10. The molecule has 40 heavy (non-hydrogen) atoms. The number of amidine groups is 1. The molecule has 3 heterocycles. The number of piperidine rings is 1. The zero-order valence-corrected chi connectivity index (χ0v) is 23.7. The number of ether oxygens (including phenoxy) is 2. The van der Waals surface area contributed by atoms with Gasteiger partial charge in [0, 0.05) is 18.8 Å². The van der Waals surface area contributed by atoms with Crippen LogP contribution in [-0.2, 0) is 23.9 Å². The van der Waals surface area contributed by atoms with Crippen LogP contribution in [0.5, 0.6) is 0 Å². The average molecular weight is 580 g/mol. The second-order valence-electron chi connectivity index (χ2n) is 9.82.